The standard InChI is InChI=1S/C72H94O4Si2/c1-51(2)77(52(3)4,53(5)6)47-45-63(71(17,18)59-33-41-67(75-23)42-34-59)49-61(69(13,14)57-29-37-65(73-21)38-30-57)27-25-26-28-62(70(15,16)58-31-39-66(74-22)40-32-58)50-64(46-48-78(54(7)8,55(9)10)56(11)12)72(19,20)60-35-43-68(76-24)44-36-60/h29-44,51-56H,1-24H3. The van der Waals surface area contributed by atoms with E-state index in [-0.39, 0.29) is 0 Å². The van der Waals surface area contributed by atoms with Crippen LogP contribution in [0, 0.1) is 46.6 Å². The van der Waals surface area contributed by atoms with Gasteiger partial charge in [-0.2, -0.15) is 0 Å². The zero-order valence-electron chi connectivity index (χ0n) is 52.3. The number of ether oxygens (including phenoxy) is 4. The van der Waals surface area contributed by atoms with E-state index in [1.165, 1.54) is 0 Å². The van der Waals surface area contributed by atoms with Crippen molar-refractivity contribution in [2.75, 3.05) is 28.4 Å². The van der Waals surface area contributed by atoms with Gasteiger partial charge in [0.2, 0.25) is 0 Å². The van der Waals surface area contributed by atoms with Crippen molar-refractivity contribution in [3.63, 3.8) is 0 Å². The Morgan fingerprint density at radius 1 is 0.308 bits per heavy atom. The minimum Gasteiger partial charge on any atom is -0.497 e. The van der Waals surface area contributed by atoms with Crippen LogP contribution in [-0.4, -0.2) is 44.6 Å². The average Bonchev–Trinajstić information content (AvgIpc) is 3.40. The fourth-order valence-corrected chi connectivity index (χ4v) is 22.0. The van der Waals surface area contributed by atoms with Crippen molar-refractivity contribution < 1.29 is 18.9 Å². The summed E-state index contributed by atoms with van der Waals surface area (Å²) in [5.74, 6) is 25.1. The molecule has 0 radical (unpaired) electrons. The lowest BCUT2D eigenvalue weighted by Gasteiger charge is -2.38. The summed E-state index contributed by atoms with van der Waals surface area (Å²) in [5, 5.41) is 0. The molecule has 4 aromatic rings. The number of methoxy groups -OCH3 is 4. The van der Waals surface area contributed by atoms with Crippen molar-refractivity contribution in [1.29, 1.82) is 0 Å². The first kappa shape index (κ1) is 64.3. The maximum Gasteiger partial charge on any atom is 0.146 e. The van der Waals surface area contributed by atoms with Gasteiger partial charge in [0, 0.05) is 21.7 Å². The zero-order chi connectivity index (χ0) is 58.6. The smallest absolute Gasteiger partial charge is 0.146 e. The van der Waals surface area contributed by atoms with Crippen LogP contribution in [0.1, 0.15) is 161 Å². The molecular weight excluding hydrogens is 985 g/mol. The molecule has 78 heavy (non-hydrogen) atoms. The van der Waals surface area contributed by atoms with Gasteiger partial charge in [0.05, 0.1) is 50.7 Å². The predicted molar refractivity (Wildman–Crippen MR) is 338 cm³/mol. The highest BCUT2D eigenvalue weighted by Crippen LogP contribution is 2.44. The summed E-state index contributed by atoms with van der Waals surface area (Å²) in [7, 11) is 2.41. The third-order valence-electron chi connectivity index (χ3n) is 17.2. The molecule has 0 aliphatic rings. The van der Waals surface area contributed by atoms with Gasteiger partial charge < -0.3 is 18.9 Å². The second-order valence-electron chi connectivity index (χ2n) is 25.0. The number of rotatable bonds is 18. The fraction of sp³-hybridized carbons (Fsp3) is 0.472. The Kier molecular flexibility index (Phi) is 22.0. The summed E-state index contributed by atoms with van der Waals surface area (Å²) < 4.78 is 22.5. The Bertz CT molecular complexity index is 2820. The van der Waals surface area contributed by atoms with Crippen LogP contribution in [0.5, 0.6) is 23.0 Å². The second-order valence-corrected chi connectivity index (χ2v) is 36.1. The van der Waals surface area contributed by atoms with E-state index in [2.05, 4.69) is 245 Å². The van der Waals surface area contributed by atoms with E-state index >= 15 is 0 Å². The predicted octanol–water partition coefficient (Wildman–Crippen LogP) is 18.3. The summed E-state index contributed by atoms with van der Waals surface area (Å²) in [6.45, 7) is 46.1. The summed E-state index contributed by atoms with van der Waals surface area (Å²) in [4.78, 5) is 0. The van der Waals surface area contributed by atoms with Crippen molar-refractivity contribution in [2.24, 2.45) is 0 Å². The molecule has 0 aliphatic carbocycles. The Morgan fingerprint density at radius 3 is 0.654 bits per heavy atom. The van der Waals surface area contributed by atoms with Crippen LogP contribution in [0.15, 0.2) is 131 Å². The van der Waals surface area contributed by atoms with E-state index in [1.54, 1.807) is 28.4 Å². The Hall–Kier alpha value is -6.21. The van der Waals surface area contributed by atoms with Gasteiger partial charge in [0.15, 0.2) is 0 Å². The largest absolute Gasteiger partial charge is 0.497 e. The normalized spacial score (nSPS) is 12.0. The molecule has 0 unspecified atom stereocenters. The van der Waals surface area contributed by atoms with E-state index in [9.17, 15) is 0 Å². The van der Waals surface area contributed by atoms with Crippen molar-refractivity contribution in [3.05, 3.63) is 153 Å². The SMILES string of the molecule is COc1ccc(C(C)(C)C(=C=C(C#C[Si](C(C)C)(C(C)C)C(C)C)C(C)(C)c2ccc(OC)cc2)C#CC#CC(=C=C(C#C[Si](C(C)C)(C(C)C)C(C)C)C(C)(C)c2ccc(OC)cc2)C(C)(C)c2ccc(OC)cc2)cc1. The number of hydrogen-bond donors (Lipinski definition) is 0. The van der Waals surface area contributed by atoms with Gasteiger partial charge in [0.25, 0.3) is 0 Å². The van der Waals surface area contributed by atoms with Gasteiger partial charge >= 0.3 is 0 Å². The second kappa shape index (κ2) is 26.6. The van der Waals surface area contributed by atoms with E-state index in [1.807, 2.05) is 48.5 Å². The van der Waals surface area contributed by atoms with Crippen molar-refractivity contribution in [1.82, 2.24) is 0 Å². The molecule has 0 aliphatic heterocycles. The zero-order valence-corrected chi connectivity index (χ0v) is 54.3. The topological polar surface area (TPSA) is 36.9 Å². The molecule has 0 atom stereocenters. The van der Waals surface area contributed by atoms with E-state index in [0.29, 0.717) is 33.2 Å². The molecule has 4 rings (SSSR count). The fourth-order valence-electron chi connectivity index (χ4n) is 11.6. The first-order valence-corrected chi connectivity index (χ1v) is 32.6. The first-order valence-electron chi connectivity index (χ1n) is 28.1. The lowest BCUT2D eigenvalue weighted by atomic mass is 9.74. The summed E-state index contributed by atoms with van der Waals surface area (Å²) in [6.07, 6.45) is 0. The molecule has 0 saturated carbocycles. The maximum absolute atomic E-state index is 5.63. The molecule has 0 N–H and O–H groups in total. The van der Waals surface area contributed by atoms with E-state index in [4.69, 9.17) is 18.9 Å². The van der Waals surface area contributed by atoms with Crippen molar-refractivity contribution in [3.8, 4) is 69.6 Å². The minimum absolute atomic E-state index is 0.446. The van der Waals surface area contributed by atoms with Crippen LogP contribution in [0.4, 0.5) is 0 Å². The van der Waals surface area contributed by atoms with E-state index in [0.717, 1.165) is 67.5 Å². The molecule has 0 saturated heterocycles. The van der Waals surface area contributed by atoms with Crippen LogP contribution in [-0.2, 0) is 21.7 Å². The minimum atomic E-state index is -2.19. The molecule has 0 fully saturated rings. The number of allylic oxidation sites excluding steroid dienone is 2. The summed E-state index contributed by atoms with van der Waals surface area (Å²) >= 11 is 0. The molecule has 4 aromatic carbocycles. The lowest BCUT2D eigenvalue weighted by molar-refractivity contribution is 0.414. The quantitative estimate of drug-likeness (QED) is 0.0565. The average molecular weight is 1080 g/mol. The van der Waals surface area contributed by atoms with Gasteiger partial charge in [-0.1, -0.05) is 210 Å². The van der Waals surface area contributed by atoms with Crippen molar-refractivity contribution >= 4 is 16.1 Å². The lowest BCUT2D eigenvalue weighted by Crippen LogP contribution is -2.43. The van der Waals surface area contributed by atoms with Gasteiger partial charge in [-0.05, 0) is 128 Å². The first-order chi connectivity index (χ1) is 36.4. The summed E-state index contributed by atoms with van der Waals surface area (Å²) in [5.41, 5.74) is 24.1. The van der Waals surface area contributed by atoms with Crippen molar-refractivity contribution in [2.45, 2.75) is 193 Å². The highest BCUT2D eigenvalue weighted by atomic mass is 28.3. The van der Waals surface area contributed by atoms with Crippen LogP contribution >= 0.6 is 0 Å². The highest BCUT2D eigenvalue weighted by Gasteiger charge is 2.43. The third-order valence-corrected chi connectivity index (χ3v) is 29.8. The van der Waals surface area contributed by atoms with Gasteiger partial charge in [-0.15, -0.1) is 11.1 Å². The summed E-state index contributed by atoms with van der Waals surface area (Å²) in [6, 6.07) is 33.2. The maximum atomic E-state index is 5.63. The molecule has 4 nitrogen and oxygen atoms in total. The Labute approximate surface area is 477 Å². The van der Waals surface area contributed by atoms with Crippen LogP contribution in [0.2, 0.25) is 33.2 Å². The molecule has 0 amide bonds. The Balaban J connectivity index is 2.33. The van der Waals surface area contributed by atoms with Gasteiger partial charge in [-0.25, -0.2) is 0 Å². The van der Waals surface area contributed by atoms with Gasteiger partial charge in [-0.3, -0.25) is 0 Å². The van der Waals surface area contributed by atoms with Crippen LogP contribution < -0.4 is 18.9 Å². The molecule has 0 aromatic heterocycles. The van der Waals surface area contributed by atoms with Gasteiger partial charge in [0.1, 0.15) is 39.1 Å². The number of hydrogen-bond acceptors (Lipinski definition) is 4. The third kappa shape index (κ3) is 14.1. The Morgan fingerprint density at radius 2 is 0.487 bits per heavy atom. The molecular formula is C72H94O4Si2. The molecule has 414 valence electrons. The van der Waals surface area contributed by atoms with Crippen LogP contribution in [0.3, 0.4) is 0 Å². The monoisotopic (exact) mass is 1080 g/mol. The number of benzene rings is 4. The highest BCUT2D eigenvalue weighted by molar-refractivity contribution is 6.91. The molecule has 6 heteroatoms. The molecule has 0 bridgehead atoms. The van der Waals surface area contributed by atoms with Crippen LogP contribution in [0.25, 0.3) is 0 Å². The molecule has 0 heterocycles. The van der Waals surface area contributed by atoms with E-state index < -0.39 is 37.8 Å². The molecule has 0 spiro atoms.